The van der Waals surface area contributed by atoms with Crippen LogP contribution in [0.25, 0.3) is 0 Å². The standard InChI is InChI=1S/C22H20Cl2N2O2/c1-2-20(28)26-18-8-4-3-6-16(18)25-17-7-5-9-19(27)21(17)22(26)13-10-11-14(23)15(24)12-13/h3-4,6-8,10-12,21-22,25H,2,5,9H2,1H3/t21-,22+/m1/s1. The summed E-state index contributed by atoms with van der Waals surface area (Å²) in [6.45, 7) is 1.83. The second-order valence-corrected chi connectivity index (χ2v) is 7.83. The Balaban J connectivity index is 1.99. The molecule has 2 aromatic carbocycles. The first-order chi connectivity index (χ1) is 13.5. The number of anilines is 2. The zero-order valence-corrected chi connectivity index (χ0v) is 16.9. The van der Waals surface area contributed by atoms with E-state index in [0.717, 1.165) is 22.6 Å². The first kappa shape index (κ1) is 19.0. The molecule has 2 aromatic rings. The molecule has 0 radical (unpaired) electrons. The van der Waals surface area contributed by atoms with Gasteiger partial charge in [-0.25, -0.2) is 0 Å². The summed E-state index contributed by atoms with van der Waals surface area (Å²) in [6, 6.07) is 12.5. The zero-order valence-electron chi connectivity index (χ0n) is 15.4. The number of halogens is 2. The minimum absolute atomic E-state index is 0.0510. The number of carbonyl (C=O) groups is 2. The number of rotatable bonds is 2. The summed E-state index contributed by atoms with van der Waals surface area (Å²) < 4.78 is 0. The molecule has 1 N–H and O–H groups in total. The van der Waals surface area contributed by atoms with Crippen LogP contribution in [0, 0.1) is 5.92 Å². The lowest BCUT2D eigenvalue weighted by atomic mass is 9.81. The minimum Gasteiger partial charge on any atom is -0.357 e. The maximum absolute atomic E-state index is 13.1. The molecule has 0 spiro atoms. The van der Waals surface area contributed by atoms with E-state index in [1.54, 1.807) is 17.0 Å². The zero-order chi connectivity index (χ0) is 19.8. The number of benzene rings is 2. The molecule has 0 saturated heterocycles. The average Bonchev–Trinajstić information content (AvgIpc) is 2.84. The van der Waals surface area contributed by atoms with E-state index in [0.29, 0.717) is 29.3 Å². The molecule has 6 heteroatoms. The van der Waals surface area contributed by atoms with Crippen molar-refractivity contribution in [1.29, 1.82) is 0 Å². The Morgan fingerprint density at radius 1 is 1.18 bits per heavy atom. The summed E-state index contributed by atoms with van der Waals surface area (Å²) in [5, 5.41) is 4.26. The van der Waals surface area contributed by atoms with Crippen molar-refractivity contribution in [2.75, 3.05) is 10.2 Å². The molecule has 4 rings (SSSR count). The number of para-hydroxylation sites is 2. The van der Waals surface area contributed by atoms with Gasteiger partial charge in [-0.2, -0.15) is 0 Å². The van der Waals surface area contributed by atoms with Gasteiger partial charge in [-0.3, -0.25) is 9.59 Å². The van der Waals surface area contributed by atoms with Crippen LogP contribution in [0.15, 0.2) is 54.2 Å². The maximum Gasteiger partial charge on any atom is 0.227 e. The second kappa shape index (κ2) is 7.61. The number of nitrogens with one attached hydrogen (secondary N) is 1. The summed E-state index contributed by atoms with van der Waals surface area (Å²) in [5.41, 5.74) is 3.21. The van der Waals surface area contributed by atoms with E-state index < -0.39 is 12.0 Å². The first-order valence-corrected chi connectivity index (χ1v) is 10.1. The van der Waals surface area contributed by atoms with Gasteiger partial charge in [-0.15, -0.1) is 0 Å². The number of amides is 1. The van der Waals surface area contributed by atoms with Crippen LogP contribution in [-0.4, -0.2) is 11.7 Å². The Kier molecular flexibility index (Phi) is 5.17. The lowest BCUT2D eigenvalue weighted by Crippen LogP contribution is -2.41. The number of hydrogen-bond acceptors (Lipinski definition) is 3. The molecule has 2 aliphatic rings. The SMILES string of the molecule is CCC(=O)N1c2ccccc2NC2=CCCC(=O)[C@@H]2[C@@H]1c1ccc(Cl)c(Cl)c1. The summed E-state index contributed by atoms with van der Waals surface area (Å²) >= 11 is 12.4. The van der Waals surface area contributed by atoms with Gasteiger partial charge in [-0.1, -0.05) is 54.4 Å². The lowest BCUT2D eigenvalue weighted by molar-refractivity contribution is -0.123. The highest BCUT2D eigenvalue weighted by molar-refractivity contribution is 6.42. The number of hydrogen-bond donors (Lipinski definition) is 1. The smallest absolute Gasteiger partial charge is 0.227 e. The third-order valence-corrected chi connectivity index (χ3v) is 6.07. The number of fused-ring (bicyclic) bond motifs is 2. The summed E-state index contributed by atoms with van der Waals surface area (Å²) in [7, 11) is 0. The molecule has 144 valence electrons. The fraction of sp³-hybridized carbons (Fsp3) is 0.273. The van der Waals surface area contributed by atoms with E-state index in [-0.39, 0.29) is 11.7 Å². The highest BCUT2D eigenvalue weighted by atomic mass is 35.5. The topological polar surface area (TPSA) is 49.4 Å². The Labute approximate surface area is 174 Å². The molecule has 4 nitrogen and oxygen atoms in total. The van der Waals surface area contributed by atoms with E-state index in [4.69, 9.17) is 23.2 Å². The second-order valence-electron chi connectivity index (χ2n) is 7.02. The predicted octanol–water partition coefficient (Wildman–Crippen LogP) is 5.77. The molecule has 0 aromatic heterocycles. The Morgan fingerprint density at radius 2 is 1.96 bits per heavy atom. The van der Waals surface area contributed by atoms with E-state index in [2.05, 4.69) is 11.4 Å². The van der Waals surface area contributed by atoms with E-state index in [1.807, 2.05) is 37.3 Å². The van der Waals surface area contributed by atoms with Crippen LogP contribution in [0.3, 0.4) is 0 Å². The molecule has 0 unspecified atom stereocenters. The van der Waals surface area contributed by atoms with Crippen LogP contribution in [0.1, 0.15) is 37.8 Å². The largest absolute Gasteiger partial charge is 0.357 e. The van der Waals surface area contributed by atoms with Crippen molar-refractivity contribution in [3.05, 3.63) is 69.8 Å². The molecule has 1 aliphatic carbocycles. The molecule has 28 heavy (non-hydrogen) atoms. The molecule has 0 bridgehead atoms. The van der Waals surface area contributed by atoms with E-state index in [1.165, 1.54) is 0 Å². The number of allylic oxidation sites excluding steroid dienone is 1. The van der Waals surface area contributed by atoms with Crippen molar-refractivity contribution >= 4 is 46.3 Å². The molecule has 1 amide bonds. The van der Waals surface area contributed by atoms with Crippen LogP contribution in [-0.2, 0) is 9.59 Å². The quantitative estimate of drug-likeness (QED) is 0.678. The summed E-state index contributed by atoms with van der Waals surface area (Å²) in [5.74, 6) is -0.415. The number of carbonyl (C=O) groups excluding carboxylic acids is 2. The van der Waals surface area contributed by atoms with Gasteiger partial charge >= 0.3 is 0 Å². The van der Waals surface area contributed by atoms with Crippen LogP contribution in [0.4, 0.5) is 11.4 Å². The van der Waals surface area contributed by atoms with Crippen molar-refractivity contribution in [2.45, 2.75) is 32.2 Å². The monoisotopic (exact) mass is 414 g/mol. The number of nitrogens with zero attached hydrogens (tertiary/aromatic N) is 1. The van der Waals surface area contributed by atoms with Crippen LogP contribution in [0.2, 0.25) is 10.0 Å². The molecule has 1 aliphatic heterocycles. The van der Waals surface area contributed by atoms with Gasteiger partial charge in [0.2, 0.25) is 5.91 Å². The van der Waals surface area contributed by atoms with Crippen molar-refractivity contribution in [1.82, 2.24) is 0 Å². The van der Waals surface area contributed by atoms with Gasteiger partial charge in [-0.05, 0) is 36.2 Å². The van der Waals surface area contributed by atoms with Gasteiger partial charge in [0.1, 0.15) is 5.78 Å². The number of Topliss-reactive ketones (excluding diaryl/α,β-unsaturated/α-hetero) is 1. The molecular formula is C22H20Cl2N2O2. The number of ketones is 1. The van der Waals surface area contributed by atoms with E-state index in [9.17, 15) is 9.59 Å². The minimum atomic E-state index is -0.489. The van der Waals surface area contributed by atoms with Crippen molar-refractivity contribution in [3.8, 4) is 0 Å². The lowest BCUT2D eigenvalue weighted by Gasteiger charge is -2.36. The van der Waals surface area contributed by atoms with Crippen LogP contribution in [0.5, 0.6) is 0 Å². The van der Waals surface area contributed by atoms with Crippen molar-refractivity contribution in [3.63, 3.8) is 0 Å². The highest BCUT2D eigenvalue weighted by Crippen LogP contribution is 2.46. The third-order valence-electron chi connectivity index (χ3n) is 5.33. The Hall–Kier alpha value is -2.30. The normalized spacial score (nSPS) is 21.2. The highest BCUT2D eigenvalue weighted by Gasteiger charge is 2.43. The molecule has 0 saturated carbocycles. The van der Waals surface area contributed by atoms with Gasteiger partial charge in [0, 0.05) is 18.5 Å². The van der Waals surface area contributed by atoms with Crippen LogP contribution < -0.4 is 10.2 Å². The fourth-order valence-corrected chi connectivity index (χ4v) is 4.35. The predicted molar refractivity (Wildman–Crippen MR) is 113 cm³/mol. The third kappa shape index (κ3) is 3.21. The first-order valence-electron chi connectivity index (χ1n) is 9.37. The molecule has 1 heterocycles. The Bertz CT molecular complexity index is 986. The van der Waals surface area contributed by atoms with Crippen molar-refractivity contribution in [2.24, 2.45) is 5.92 Å². The molecule has 2 atom stereocenters. The van der Waals surface area contributed by atoms with Gasteiger partial charge in [0.15, 0.2) is 0 Å². The summed E-state index contributed by atoms with van der Waals surface area (Å²) in [6.07, 6.45) is 3.53. The molecule has 0 fully saturated rings. The van der Waals surface area contributed by atoms with Gasteiger partial charge < -0.3 is 10.2 Å². The average molecular weight is 415 g/mol. The Morgan fingerprint density at radius 3 is 2.71 bits per heavy atom. The van der Waals surface area contributed by atoms with Crippen molar-refractivity contribution < 1.29 is 9.59 Å². The van der Waals surface area contributed by atoms with Gasteiger partial charge in [0.25, 0.3) is 0 Å². The van der Waals surface area contributed by atoms with E-state index >= 15 is 0 Å². The van der Waals surface area contributed by atoms with Gasteiger partial charge in [0.05, 0.1) is 33.4 Å². The molecular weight excluding hydrogens is 395 g/mol. The maximum atomic E-state index is 13.1. The fourth-order valence-electron chi connectivity index (χ4n) is 4.04. The van der Waals surface area contributed by atoms with Crippen LogP contribution >= 0.6 is 23.2 Å². The summed E-state index contributed by atoms with van der Waals surface area (Å²) in [4.78, 5) is 27.9.